The van der Waals surface area contributed by atoms with Gasteiger partial charge in [0.05, 0.1) is 27.5 Å². The van der Waals surface area contributed by atoms with Crippen LogP contribution in [0.5, 0.6) is 0 Å². The summed E-state index contributed by atoms with van der Waals surface area (Å²) in [5.74, 6) is -0.274. The van der Waals surface area contributed by atoms with Crippen molar-refractivity contribution in [3.8, 4) is 0 Å². The van der Waals surface area contributed by atoms with Crippen molar-refractivity contribution in [2.75, 3.05) is 5.32 Å². The lowest BCUT2D eigenvalue weighted by Gasteiger charge is -2.15. The van der Waals surface area contributed by atoms with Crippen LogP contribution in [0.2, 0.25) is 5.02 Å². The summed E-state index contributed by atoms with van der Waals surface area (Å²) >= 11 is 6.78. The lowest BCUT2D eigenvalue weighted by Crippen LogP contribution is -2.09. The summed E-state index contributed by atoms with van der Waals surface area (Å²) < 4.78 is 43.0. The topological polar surface area (TPSA) is 42.0 Å². The fourth-order valence-electron chi connectivity index (χ4n) is 1.87. The number of nitrogens with zero attached hydrogens (tertiary/aromatic N) is 1. The summed E-state index contributed by atoms with van der Waals surface area (Å²) in [6.07, 6.45) is -4.55. The number of aromatic nitrogens is 1. The minimum atomic E-state index is -4.55. The van der Waals surface area contributed by atoms with Gasteiger partial charge in [-0.25, -0.2) is 0 Å². The first kappa shape index (κ1) is 15.8. The lowest BCUT2D eigenvalue weighted by molar-refractivity contribution is -0.136. The van der Waals surface area contributed by atoms with E-state index in [4.69, 9.17) is 11.6 Å². The molecular formula is C13H10ClF3N2OS. The summed E-state index contributed by atoms with van der Waals surface area (Å²) in [6, 6.07) is 3.50. The number of Topliss-reactive ketones (excluding diaryl/α,β-unsaturated/α-hetero) is 1. The molecule has 0 amide bonds. The molecule has 1 N–H and O–H groups in total. The third kappa shape index (κ3) is 3.19. The standard InChI is InChI=1S/C13H10ClF3N2OS/c1-6-10(7(2)20)12(21-19-6)18-11-8(13(15,16)17)4-3-5-9(11)14/h3-5,18H,1-2H3. The van der Waals surface area contributed by atoms with Gasteiger partial charge in [-0.2, -0.15) is 17.5 Å². The molecule has 0 bridgehead atoms. The lowest BCUT2D eigenvalue weighted by atomic mass is 10.1. The normalized spacial score (nSPS) is 11.5. The Kier molecular flexibility index (Phi) is 4.25. The van der Waals surface area contributed by atoms with Gasteiger partial charge in [0.15, 0.2) is 5.78 Å². The van der Waals surface area contributed by atoms with Crippen LogP contribution in [0, 0.1) is 6.92 Å². The van der Waals surface area contributed by atoms with E-state index in [1.807, 2.05) is 0 Å². The van der Waals surface area contributed by atoms with Crippen molar-refractivity contribution in [2.24, 2.45) is 0 Å². The smallest absolute Gasteiger partial charge is 0.344 e. The number of carbonyl (C=O) groups excluding carboxylic acids is 1. The fourth-order valence-corrected chi connectivity index (χ4v) is 2.94. The first-order valence-corrected chi connectivity index (χ1v) is 6.97. The monoisotopic (exact) mass is 334 g/mol. The average Bonchev–Trinajstić information content (AvgIpc) is 2.71. The van der Waals surface area contributed by atoms with E-state index >= 15 is 0 Å². The van der Waals surface area contributed by atoms with Crippen LogP contribution in [0.1, 0.15) is 28.5 Å². The SMILES string of the molecule is CC(=O)c1c(C)nsc1Nc1c(Cl)cccc1C(F)(F)F. The van der Waals surface area contributed by atoms with Gasteiger partial charge in [-0.3, -0.25) is 4.79 Å². The molecule has 0 saturated carbocycles. The summed E-state index contributed by atoms with van der Waals surface area (Å²) in [5.41, 5.74) is -0.433. The highest BCUT2D eigenvalue weighted by Crippen LogP contribution is 2.41. The van der Waals surface area contributed by atoms with Crippen LogP contribution in [-0.2, 0) is 6.18 Å². The molecule has 1 aromatic heterocycles. The molecule has 0 atom stereocenters. The molecule has 0 aliphatic heterocycles. The van der Waals surface area contributed by atoms with Crippen molar-refractivity contribution in [3.05, 3.63) is 40.0 Å². The minimum absolute atomic E-state index is 0.0784. The maximum atomic E-state index is 13.0. The van der Waals surface area contributed by atoms with Gasteiger partial charge in [0.1, 0.15) is 5.00 Å². The van der Waals surface area contributed by atoms with Gasteiger partial charge in [-0.05, 0) is 37.5 Å². The Morgan fingerprint density at radius 3 is 2.62 bits per heavy atom. The van der Waals surface area contributed by atoms with Crippen LogP contribution in [0.4, 0.5) is 23.9 Å². The number of para-hydroxylation sites is 1. The Bertz CT molecular complexity index is 697. The van der Waals surface area contributed by atoms with Crippen LogP contribution in [0.3, 0.4) is 0 Å². The number of anilines is 2. The highest BCUT2D eigenvalue weighted by atomic mass is 35.5. The van der Waals surface area contributed by atoms with Crippen LogP contribution >= 0.6 is 23.1 Å². The van der Waals surface area contributed by atoms with E-state index in [0.717, 1.165) is 17.6 Å². The van der Waals surface area contributed by atoms with Gasteiger partial charge in [0.25, 0.3) is 0 Å². The first-order valence-electron chi connectivity index (χ1n) is 5.81. The third-order valence-electron chi connectivity index (χ3n) is 2.77. The summed E-state index contributed by atoms with van der Waals surface area (Å²) in [6.45, 7) is 2.95. The Morgan fingerprint density at radius 1 is 1.38 bits per heavy atom. The maximum absolute atomic E-state index is 13.0. The molecule has 0 fully saturated rings. The molecule has 1 heterocycles. The zero-order valence-electron chi connectivity index (χ0n) is 11.0. The fraction of sp³-hybridized carbons (Fsp3) is 0.231. The molecule has 8 heteroatoms. The van der Waals surface area contributed by atoms with Gasteiger partial charge >= 0.3 is 6.18 Å². The van der Waals surface area contributed by atoms with Crippen molar-refractivity contribution >= 4 is 39.6 Å². The van der Waals surface area contributed by atoms with E-state index in [1.165, 1.54) is 19.1 Å². The molecule has 0 aliphatic rings. The number of nitrogens with one attached hydrogen (secondary N) is 1. The Hall–Kier alpha value is -1.60. The number of hydrogen-bond donors (Lipinski definition) is 1. The number of benzene rings is 1. The molecule has 2 rings (SSSR count). The van der Waals surface area contributed by atoms with Gasteiger partial charge in [0.2, 0.25) is 0 Å². The first-order chi connectivity index (χ1) is 9.71. The quantitative estimate of drug-likeness (QED) is 0.797. The second-order valence-corrected chi connectivity index (χ2v) is 5.49. The number of hydrogen-bond acceptors (Lipinski definition) is 4. The van der Waals surface area contributed by atoms with Crippen molar-refractivity contribution < 1.29 is 18.0 Å². The zero-order valence-corrected chi connectivity index (χ0v) is 12.6. The van der Waals surface area contributed by atoms with Crippen molar-refractivity contribution in [2.45, 2.75) is 20.0 Å². The Morgan fingerprint density at radius 2 is 2.05 bits per heavy atom. The summed E-state index contributed by atoms with van der Waals surface area (Å²) in [4.78, 5) is 11.6. The molecule has 3 nitrogen and oxygen atoms in total. The van der Waals surface area contributed by atoms with Crippen LogP contribution < -0.4 is 5.32 Å². The van der Waals surface area contributed by atoms with Crippen LogP contribution in [0.15, 0.2) is 18.2 Å². The Labute approximate surface area is 127 Å². The van der Waals surface area contributed by atoms with Crippen molar-refractivity contribution in [3.63, 3.8) is 0 Å². The molecule has 2 aromatic rings. The van der Waals surface area contributed by atoms with Crippen molar-refractivity contribution in [1.82, 2.24) is 4.37 Å². The third-order valence-corrected chi connectivity index (χ3v) is 3.94. The van der Waals surface area contributed by atoms with Crippen LogP contribution in [0.25, 0.3) is 0 Å². The van der Waals surface area contributed by atoms with E-state index in [1.54, 1.807) is 6.92 Å². The largest absolute Gasteiger partial charge is 0.418 e. The molecule has 0 spiro atoms. The zero-order chi connectivity index (χ0) is 15.8. The minimum Gasteiger partial charge on any atom is -0.344 e. The second kappa shape index (κ2) is 5.65. The molecule has 0 radical (unpaired) electrons. The maximum Gasteiger partial charge on any atom is 0.418 e. The van der Waals surface area contributed by atoms with Gasteiger partial charge < -0.3 is 5.32 Å². The van der Waals surface area contributed by atoms with Crippen molar-refractivity contribution in [1.29, 1.82) is 0 Å². The number of rotatable bonds is 3. The molecule has 0 aliphatic carbocycles. The number of alkyl halides is 3. The van der Waals surface area contributed by atoms with E-state index in [9.17, 15) is 18.0 Å². The van der Waals surface area contributed by atoms with Gasteiger partial charge in [-0.1, -0.05) is 17.7 Å². The molecule has 1 aromatic carbocycles. The average molecular weight is 335 g/mol. The van der Waals surface area contributed by atoms with E-state index in [-0.39, 0.29) is 27.1 Å². The highest BCUT2D eigenvalue weighted by molar-refractivity contribution is 7.10. The highest BCUT2D eigenvalue weighted by Gasteiger charge is 2.34. The Balaban J connectivity index is 2.53. The number of halogens is 4. The molecule has 0 saturated heterocycles. The van der Waals surface area contributed by atoms with E-state index in [0.29, 0.717) is 5.69 Å². The molecule has 21 heavy (non-hydrogen) atoms. The molecule has 0 unspecified atom stereocenters. The summed E-state index contributed by atoms with van der Waals surface area (Å²) in [5, 5.41) is 2.77. The predicted octanol–water partition coefficient (Wildman–Crippen LogP) is 5.07. The van der Waals surface area contributed by atoms with E-state index < -0.39 is 11.7 Å². The van der Waals surface area contributed by atoms with Gasteiger partial charge in [0, 0.05) is 0 Å². The van der Waals surface area contributed by atoms with Gasteiger partial charge in [-0.15, -0.1) is 0 Å². The number of carbonyl (C=O) groups is 1. The van der Waals surface area contributed by atoms with Crippen LogP contribution in [-0.4, -0.2) is 10.2 Å². The second-order valence-electron chi connectivity index (χ2n) is 4.31. The predicted molar refractivity (Wildman–Crippen MR) is 76.6 cm³/mol. The van der Waals surface area contributed by atoms with E-state index in [2.05, 4.69) is 9.69 Å². The number of ketones is 1. The number of aryl methyl sites for hydroxylation is 1. The molecule has 112 valence electrons. The molecular weight excluding hydrogens is 325 g/mol. The summed E-state index contributed by atoms with van der Waals surface area (Å²) in [7, 11) is 0.